The Hall–Kier alpha value is -3.91. The van der Waals surface area contributed by atoms with Crippen LogP contribution in [0.5, 0.6) is 5.75 Å². The Morgan fingerprint density at radius 3 is 2.28 bits per heavy atom. The molecule has 0 fully saturated rings. The number of hydrogen-bond donors (Lipinski definition) is 1. The molecule has 1 N–H and O–H groups in total. The first-order valence-corrected chi connectivity index (χ1v) is 14.0. The highest BCUT2D eigenvalue weighted by Crippen LogP contribution is 2.25. The molecule has 3 aromatic carbocycles. The van der Waals surface area contributed by atoms with Crippen LogP contribution in [0.25, 0.3) is 16.6 Å². The first-order chi connectivity index (χ1) is 18.7. The predicted molar refractivity (Wildman–Crippen MR) is 157 cm³/mol. The number of aryl methyl sites for hydroxylation is 2. The SMILES string of the molecule is CCOc1ccc(C(=O)CSc2nc3cc(C(=O)NCC(C)C)ccc3c(=O)n2-c2cc(C)cc(C)c2)cc1. The highest BCUT2D eigenvalue weighted by atomic mass is 32.2. The van der Waals surface area contributed by atoms with Crippen molar-refractivity contribution >= 4 is 34.4 Å². The smallest absolute Gasteiger partial charge is 0.266 e. The number of nitrogens with one attached hydrogen (secondary N) is 1. The molecule has 202 valence electrons. The van der Waals surface area contributed by atoms with E-state index >= 15 is 0 Å². The van der Waals surface area contributed by atoms with E-state index in [-0.39, 0.29) is 23.0 Å². The Kier molecular flexibility index (Phi) is 8.86. The van der Waals surface area contributed by atoms with Gasteiger partial charge >= 0.3 is 0 Å². The van der Waals surface area contributed by atoms with Crippen molar-refractivity contribution in [3.8, 4) is 11.4 Å². The molecule has 0 saturated carbocycles. The molecular weight excluding hydrogens is 510 g/mol. The largest absolute Gasteiger partial charge is 0.494 e. The zero-order chi connectivity index (χ0) is 28.1. The van der Waals surface area contributed by atoms with Gasteiger partial charge in [-0.25, -0.2) is 4.98 Å². The average Bonchev–Trinajstić information content (AvgIpc) is 2.90. The van der Waals surface area contributed by atoms with E-state index in [0.717, 1.165) is 11.1 Å². The molecule has 39 heavy (non-hydrogen) atoms. The van der Waals surface area contributed by atoms with Crippen molar-refractivity contribution in [2.75, 3.05) is 18.9 Å². The third-order valence-electron chi connectivity index (χ3n) is 6.06. The minimum absolute atomic E-state index is 0.0886. The highest BCUT2D eigenvalue weighted by molar-refractivity contribution is 7.99. The zero-order valence-corrected chi connectivity index (χ0v) is 23.7. The fourth-order valence-corrected chi connectivity index (χ4v) is 5.13. The van der Waals surface area contributed by atoms with Crippen molar-refractivity contribution in [3.05, 3.63) is 93.3 Å². The maximum Gasteiger partial charge on any atom is 0.266 e. The third-order valence-corrected chi connectivity index (χ3v) is 6.99. The van der Waals surface area contributed by atoms with Gasteiger partial charge in [0.15, 0.2) is 10.9 Å². The first kappa shape index (κ1) is 28.1. The Bertz CT molecular complexity index is 1560. The van der Waals surface area contributed by atoms with Crippen molar-refractivity contribution in [1.82, 2.24) is 14.9 Å². The quantitative estimate of drug-likeness (QED) is 0.155. The van der Waals surface area contributed by atoms with Crippen molar-refractivity contribution in [2.45, 2.75) is 39.8 Å². The van der Waals surface area contributed by atoms with Crippen molar-refractivity contribution in [3.63, 3.8) is 0 Å². The van der Waals surface area contributed by atoms with Crippen LogP contribution in [-0.4, -0.2) is 40.1 Å². The molecule has 1 heterocycles. The summed E-state index contributed by atoms with van der Waals surface area (Å²) in [5, 5.41) is 3.69. The summed E-state index contributed by atoms with van der Waals surface area (Å²) in [5.41, 5.74) is 3.84. The fourth-order valence-electron chi connectivity index (χ4n) is 4.23. The molecule has 0 aliphatic heterocycles. The molecule has 0 aliphatic carbocycles. The summed E-state index contributed by atoms with van der Waals surface area (Å²) in [4.78, 5) is 44.3. The van der Waals surface area contributed by atoms with Crippen LogP contribution in [-0.2, 0) is 0 Å². The molecule has 7 nitrogen and oxygen atoms in total. The molecule has 8 heteroatoms. The molecular formula is C31H33N3O4S. The zero-order valence-electron chi connectivity index (χ0n) is 22.9. The van der Waals surface area contributed by atoms with Crippen LogP contribution in [0.2, 0.25) is 0 Å². The van der Waals surface area contributed by atoms with E-state index in [1.807, 2.05) is 52.8 Å². The minimum atomic E-state index is -0.254. The Morgan fingerprint density at radius 2 is 1.64 bits per heavy atom. The van der Waals surface area contributed by atoms with E-state index in [0.29, 0.717) is 57.7 Å². The van der Waals surface area contributed by atoms with Gasteiger partial charge < -0.3 is 10.1 Å². The van der Waals surface area contributed by atoms with Crippen LogP contribution in [0.4, 0.5) is 0 Å². The first-order valence-electron chi connectivity index (χ1n) is 13.0. The molecule has 4 aromatic rings. The van der Waals surface area contributed by atoms with E-state index in [1.54, 1.807) is 47.0 Å². The maximum absolute atomic E-state index is 13.8. The molecule has 1 amide bonds. The van der Waals surface area contributed by atoms with Gasteiger partial charge in [0.25, 0.3) is 11.5 Å². The van der Waals surface area contributed by atoms with E-state index in [1.165, 1.54) is 11.8 Å². The van der Waals surface area contributed by atoms with Crippen LogP contribution in [0.3, 0.4) is 0 Å². The second kappa shape index (κ2) is 12.3. The van der Waals surface area contributed by atoms with Crippen LogP contribution in [0.15, 0.2) is 70.6 Å². The lowest BCUT2D eigenvalue weighted by atomic mass is 10.1. The number of ether oxygens (including phenoxy) is 1. The topological polar surface area (TPSA) is 90.3 Å². The summed E-state index contributed by atoms with van der Waals surface area (Å²) in [6, 6.07) is 17.8. The number of Topliss-reactive ketones (excluding diaryl/α,β-unsaturated/α-hetero) is 1. The highest BCUT2D eigenvalue weighted by Gasteiger charge is 2.18. The number of carbonyl (C=O) groups excluding carboxylic acids is 2. The van der Waals surface area contributed by atoms with Gasteiger partial charge in [0, 0.05) is 17.7 Å². The van der Waals surface area contributed by atoms with Crippen molar-refractivity contribution in [1.29, 1.82) is 0 Å². The van der Waals surface area contributed by atoms with Gasteiger partial charge in [-0.2, -0.15) is 0 Å². The molecule has 1 aromatic heterocycles. The summed E-state index contributed by atoms with van der Waals surface area (Å²) in [7, 11) is 0. The van der Waals surface area contributed by atoms with Gasteiger partial charge in [-0.1, -0.05) is 31.7 Å². The van der Waals surface area contributed by atoms with Gasteiger partial charge in [-0.15, -0.1) is 0 Å². The molecule has 4 rings (SSSR count). The number of hydrogen-bond acceptors (Lipinski definition) is 6. The van der Waals surface area contributed by atoms with Crippen LogP contribution in [0, 0.1) is 19.8 Å². The Balaban J connectivity index is 1.74. The van der Waals surface area contributed by atoms with Crippen molar-refractivity contribution < 1.29 is 14.3 Å². The molecule has 0 bridgehead atoms. The van der Waals surface area contributed by atoms with Crippen LogP contribution in [0.1, 0.15) is 52.6 Å². The number of fused-ring (bicyclic) bond motifs is 1. The number of rotatable bonds is 10. The second-order valence-corrected chi connectivity index (χ2v) is 10.8. The number of nitrogens with zero attached hydrogens (tertiary/aromatic N) is 2. The second-order valence-electron chi connectivity index (χ2n) is 9.89. The summed E-state index contributed by atoms with van der Waals surface area (Å²) >= 11 is 1.20. The monoisotopic (exact) mass is 543 g/mol. The molecule has 0 spiro atoms. The van der Waals surface area contributed by atoms with Gasteiger partial charge in [-0.3, -0.25) is 19.0 Å². The fraction of sp³-hybridized carbons (Fsp3) is 0.290. The number of carbonyl (C=O) groups is 2. The molecule has 0 aliphatic rings. The van der Waals surface area contributed by atoms with Gasteiger partial charge in [0.05, 0.1) is 29.0 Å². The Labute approximate surface area is 232 Å². The number of aromatic nitrogens is 2. The normalized spacial score (nSPS) is 11.1. The van der Waals surface area contributed by atoms with Gasteiger partial charge in [0.2, 0.25) is 0 Å². The number of ketones is 1. The molecule has 0 unspecified atom stereocenters. The number of thioether (sulfide) groups is 1. The maximum atomic E-state index is 13.8. The number of amides is 1. The molecule has 0 radical (unpaired) electrons. The van der Waals surface area contributed by atoms with E-state index in [4.69, 9.17) is 9.72 Å². The lowest BCUT2D eigenvalue weighted by Crippen LogP contribution is -2.27. The third kappa shape index (κ3) is 6.75. The summed E-state index contributed by atoms with van der Waals surface area (Å²) in [6.07, 6.45) is 0. The molecule has 0 atom stereocenters. The average molecular weight is 544 g/mol. The van der Waals surface area contributed by atoms with E-state index < -0.39 is 0 Å². The van der Waals surface area contributed by atoms with Crippen LogP contribution < -0.4 is 15.6 Å². The van der Waals surface area contributed by atoms with Crippen LogP contribution >= 0.6 is 11.8 Å². The summed E-state index contributed by atoms with van der Waals surface area (Å²) in [5.74, 6) is 0.797. The lowest BCUT2D eigenvalue weighted by Gasteiger charge is -2.15. The van der Waals surface area contributed by atoms with E-state index in [2.05, 4.69) is 5.32 Å². The standard InChI is InChI=1S/C31H33N3O4S/c1-6-38-25-10-7-22(8-11-25)28(35)18-39-31-33-27-16-23(29(36)32-17-19(2)3)9-12-26(27)30(37)34(31)24-14-20(4)13-21(5)15-24/h7-16,19H,6,17-18H2,1-5H3,(H,32,36). The lowest BCUT2D eigenvalue weighted by molar-refractivity contribution is 0.0948. The predicted octanol–water partition coefficient (Wildman–Crippen LogP) is 5.76. The van der Waals surface area contributed by atoms with Gasteiger partial charge in [-0.05, 0) is 92.4 Å². The molecule has 0 saturated heterocycles. The number of benzene rings is 3. The summed E-state index contributed by atoms with van der Waals surface area (Å²) in [6.45, 7) is 11.0. The van der Waals surface area contributed by atoms with Gasteiger partial charge in [0.1, 0.15) is 5.75 Å². The minimum Gasteiger partial charge on any atom is -0.494 e. The van der Waals surface area contributed by atoms with Crippen molar-refractivity contribution in [2.24, 2.45) is 5.92 Å². The Morgan fingerprint density at radius 1 is 0.974 bits per heavy atom. The summed E-state index contributed by atoms with van der Waals surface area (Å²) < 4.78 is 7.02. The van der Waals surface area contributed by atoms with E-state index in [9.17, 15) is 14.4 Å².